The molecule has 0 aliphatic rings. The minimum Gasteiger partial charge on any atom is -0.550 e. The zero-order valence-electron chi connectivity index (χ0n) is 43.5. The third-order valence-corrected chi connectivity index (χ3v) is 12.6. The molecule has 4 unspecified atom stereocenters. The second-order valence-corrected chi connectivity index (χ2v) is 18.7. The molecule has 0 aliphatic carbocycles. The number of ether oxygens (including phenoxy) is 2. The first-order chi connectivity index (χ1) is 31.1. The normalized spacial score (nSPS) is 13.1. The van der Waals surface area contributed by atoms with E-state index in [1.54, 1.807) is 0 Å². The van der Waals surface area contributed by atoms with Crippen LogP contribution in [0.1, 0.15) is 273 Å². The summed E-state index contributed by atoms with van der Waals surface area (Å²) < 4.78 is 10.9. The van der Waals surface area contributed by atoms with E-state index in [0.29, 0.717) is 37.9 Å². The zero-order valence-corrected chi connectivity index (χ0v) is 45.7. The van der Waals surface area contributed by atoms with Gasteiger partial charge in [0.1, 0.15) is 0 Å². The van der Waals surface area contributed by atoms with Gasteiger partial charge in [-0.05, 0) is 63.2 Å². The average molecular weight is 944 g/mol. The second-order valence-electron chi connectivity index (χ2n) is 18.7. The number of carboxylic acids is 2. The van der Waals surface area contributed by atoms with Gasteiger partial charge in [0.2, 0.25) is 0 Å². The fourth-order valence-electron chi connectivity index (χ4n) is 7.97. The summed E-state index contributed by atoms with van der Waals surface area (Å²) >= 11 is 0. The van der Waals surface area contributed by atoms with Gasteiger partial charge in [0, 0.05) is 24.8 Å². The van der Waals surface area contributed by atoms with Crippen molar-refractivity contribution in [3.05, 3.63) is 24.3 Å². The molecule has 0 aliphatic heterocycles. The molecule has 0 amide bonds. The smallest absolute Gasteiger partial charge is 0.550 e. The number of rotatable bonds is 46. The number of hydrogen-bond acceptors (Lipinski definition) is 8. The van der Waals surface area contributed by atoms with E-state index in [4.69, 9.17) is 9.47 Å². The van der Waals surface area contributed by atoms with Gasteiger partial charge in [0.05, 0.1) is 25.0 Å². The van der Waals surface area contributed by atoms with Gasteiger partial charge in [-0.2, -0.15) is 0 Å². The average Bonchev–Trinajstić information content (AvgIpc) is 3.28. The van der Waals surface area contributed by atoms with E-state index in [-0.39, 0.29) is 50.6 Å². The van der Waals surface area contributed by atoms with E-state index in [2.05, 4.69) is 53.7 Å². The fourth-order valence-corrected chi connectivity index (χ4v) is 7.97. The van der Waals surface area contributed by atoms with Crippen molar-refractivity contribution in [3.8, 4) is 0 Å². The van der Waals surface area contributed by atoms with Crippen LogP contribution in [0.3, 0.4) is 0 Å². The number of carboxylic acid groups (broad SMARTS) is 2. The Hall–Kier alpha value is -1.38. The molecule has 0 spiro atoms. The van der Waals surface area contributed by atoms with Crippen molar-refractivity contribution in [3.63, 3.8) is 0 Å². The first kappa shape index (κ1) is 67.9. The number of esters is 2. The molecule has 0 N–H and O–H groups in total. The van der Waals surface area contributed by atoms with Crippen LogP contribution >= 0.6 is 0 Å². The van der Waals surface area contributed by atoms with Crippen LogP contribution in [-0.2, 0) is 28.7 Å². The van der Waals surface area contributed by atoms with Crippen molar-refractivity contribution in [2.75, 3.05) is 13.2 Å². The molecule has 4 atom stereocenters. The molecule has 0 aromatic heterocycles. The Morgan fingerprint density at radius 3 is 0.938 bits per heavy atom. The number of carbonyl (C=O) groups excluding carboxylic acids is 4. The van der Waals surface area contributed by atoms with Crippen LogP contribution in [0.15, 0.2) is 24.3 Å². The molecule has 0 heterocycles. The first-order valence-corrected chi connectivity index (χ1v) is 27.1. The van der Waals surface area contributed by atoms with E-state index >= 15 is 0 Å². The Labute approximate surface area is 431 Å². The molecule has 9 heteroatoms. The van der Waals surface area contributed by atoms with Gasteiger partial charge in [-0.15, -0.1) is 0 Å². The molecule has 376 valence electrons. The molecule has 0 saturated carbocycles. The second kappa shape index (κ2) is 53.6. The Bertz CT molecular complexity index is 1040. The predicted molar refractivity (Wildman–Crippen MR) is 270 cm³/mol. The molecule has 0 radical (unpaired) electrons. The Balaban J connectivity index is -0.00000116. The van der Waals surface area contributed by atoms with Crippen LogP contribution in [0, 0.1) is 23.7 Å². The van der Waals surface area contributed by atoms with E-state index in [1.165, 1.54) is 128 Å². The van der Waals surface area contributed by atoms with Gasteiger partial charge in [-0.3, -0.25) is 9.59 Å². The summed E-state index contributed by atoms with van der Waals surface area (Å²) in [4.78, 5) is 46.9. The maximum atomic E-state index is 12.4. The van der Waals surface area contributed by atoms with E-state index in [9.17, 15) is 29.4 Å². The first-order valence-electron chi connectivity index (χ1n) is 27.1. The van der Waals surface area contributed by atoms with Gasteiger partial charge < -0.3 is 29.3 Å². The zero-order chi connectivity index (χ0) is 47.7. The molecular weight excluding hydrogens is 841 g/mol. The van der Waals surface area contributed by atoms with Gasteiger partial charge in [-0.1, -0.05) is 233 Å². The van der Waals surface area contributed by atoms with Crippen LogP contribution in [0.2, 0.25) is 0 Å². The quantitative estimate of drug-likeness (QED) is 0.0255. The van der Waals surface area contributed by atoms with Crippen LogP contribution in [0.25, 0.3) is 0 Å². The Kier molecular flexibility index (Phi) is 56.0. The third kappa shape index (κ3) is 48.9. The maximum Gasteiger partial charge on any atom is 2.00 e. The number of aliphatic carboxylic acids is 2. The van der Waals surface area contributed by atoms with Crippen LogP contribution in [0.4, 0.5) is 0 Å². The standard InChI is InChI=1S/2C28H52O4.Ca/c2*1-4-7-9-10-11-12-13-14-15-16-17-18-19-20-22-26(23-27(29)30)28(31)32-24-25(6-3)21-8-5-2;/h2*19-20,25-26H,4-18,21-24H2,1-3H3,(H,29,30);/q;;+2/p-2. The Morgan fingerprint density at radius 2 is 0.677 bits per heavy atom. The molecule has 0 fully saturated rings. The summed E-state index contributed by atoms with van der Waals surface area (Å²) in [5.41, 5.74) is 0. The molecule has 8 nitrogen and oxygen atoms in total. The monoisotopic (exact) mass is 943 g/mol. The van der Waals surface area contributed by atoms with Crippen LogP contribution < -0.4 is 10.2 Å². The molecule has 65 heavy (non-hydrogen) atoms. The molecule has 0 bridgehead atoms. The predicted octanol–water partition coefficient (Wildman–Crippen LogP) is 13.9. The minimum atomic E-state index is -1.19. The molecule has 0 saturated heterocycles. The number of carbonyl (C=O) groups is 4. The number of hydrogen-bond donors (Lipinski definition) is 0. The van der Waals surface area contributed by atoms with Gasteiger partial charge >= 0.3 is 49.7 Å². The van der Waals surface area contributed by atoms with E-state index in [0.717, 1.165) is 77.0 Å². The summed E-state index contributed by atoms with van der Waals surface area (Å²) in [5.74, 6) is -3.74. The fraction of sp³-hybridized carbons (Fsp3) is 0.857. The third-order valence-electron chi connectivity index (χ3n) is 12.6. The van der Waals surface area contributed by atoms with Crippen molar-refractivity contribution >= 4 is 61.6 Å². The Morgan fingerprint density at radius 1 is 0.400 bits per heavy atom. The van der Waals surface area contributed by atoms with Crippen molar-refractivity contribution < 1.29 is 38.9 Å². The molecule has 0 aromatic rings. The van der Waals surface area contributed by atoms with Gasteiger partial charge in [0.25, 0.3) is 0 Å². The van der Waals surface area contributed by atoms with Crippen molar-refractivity contribution in [1.82, 2.24) is 0 Å². The summed E-state index contributed by atoms with van der Waals surface area (Å²) in [6.45, 7) is 13.8. The van der Waals surface area contributed by atoms with E-state index in [1.807, 2.05) is 12.2 Å². The van der Waals surface area contributed by atoms with Gasteiger partial charge in [0.15, 0.2) is 0 Å². The SMILES string of the molecule is CCCCCCCCCCCCCC=CCC(CC(=O)[O-])C(=O)OCC(CC)CCCC.CCCCCCCCCCCCCC=CCC(CC(=O)[O-])C(=O)OCC(CC)CCCC.[Ca+2]. The minimum absolute atomic E-state index is 0. The molecular formula is C56H102CaO8. The number of allylic oxidation sites excluding steroid dienone is 4. The summed E-state index contributed by atoms with van der Waals surface area (Å²) in [5, 5.41) is 22.1. The molecule has 0 aromatic carbocycles. The van der Waals surface area contributed by atoms with E-state index < -0.39 is 35.7 Å². The summed E-state index contributed by atoms with van der Waals surface area (Å²) in [6, 6.07) is 0. The van der Waals surface area contributed by atoms with Crippen molar-refractivity contribution in [2.24, 2.45) is 23.7 Å². The van der Waals surface area contributed by atoms with Crippen LogP contribution in [0.5, 0.6) is 0 Å². The van der Waals surface area contributed by atoms with Crippen molar-refractivity contribution in [1.29, 1.82) is 0 Å². The molecule has 0 rings (SSSR count). The van der Waals surface area contributed by atoms with Gasteiger partial charge in [-0.25, -0.2) is 0 Å². The number of unbranched alkanes of at least 4 members (excludes halogenated alkanes) is 24. The van der Waals surface area contributed by atoms with Crippen LogP contribution in [-0.4, -0.2) is 74.8 Å². The summed E-state index contributed by atoms with van der Waals surface area (Å²) in [7, 11) is 0. The maximum absolute atomic E-state index is 12.4. The topological polar surface area (TPSA) is 133 Å². The largest absolute Gasteiger partial charge is 2.00 e. The summed E-state index contributed by atoms with van der Waals surface area (Å²) in [6.07, 6.45) is 48.0. The van der Waals surface area contributed by atoms with Crippen molar-refractivity contribution in [2.45, 2.75) is 273 Å².